The number of anilines is 1. The van der Waals surface area contributed by atoms with Gasteiger partial charge in [0.25, 0.3) is 5.91 Å². The molecular formula is C15H13N3O5. The van der Waals surface area contributed by atoms with E-state index in [4.69, 9.17) is 0 Å². The minimum atomic E-state index is -1.14. The molecule has 2 aliphatic rings. The molecule has 0 bridgehead atoms. The second-order valence-corrected chi connectivity index (χ2v) is 5.11. The summed E-state index contributed by atoms with van der Waals surface area (Å²) in [5.41, 5.74) is 0.147. The number of hydrogen-bond donors (Lipinski definition) is 0. The number of esters is 1. The molecule has 2 heterocycles. The number of methoxy groups -OCH3 is 1. The summed E-state index contributed by atoms with van der Waals surface area (Å²) in [5.74, 6) is -3.70. The minimum absolute atomic E-state index is 0.232. The Bertz CT molecular complexity index is 743. The van der Waals surface area contributed by atoms with Crippen molar-refractivity contribution in [1.82, 2.24) is 5.01 Å². The monoisotopic (exact) mass is 315 g/mol. The van der Waals surface area contributed by atoms with E-state index in [1.807, 2.05) is 0 Å². The van der Waals surface area contributed by atoms with Crippen LogP contribution in [0.25, 0.3) is 0 Å². The fourth-order valence-electron chi connectivity index (χ4n) is 2.78. The molecule has 0 aliphatic carbocycles. The molecule has 1 aromatic rings. The number of carbonyl (C=O) groups is 4. The lowest BCUT2D eigenvalue weighted by molar-refractivity contribution is -0.136. The molecular weight excluding hydrogens is 302 g/mol. The van der Waals surface area contributed by atoms with Crippen molar-refractivity contribution >= 4 is 35.1 Å². The van der Waals surface area contributed by atoms with E-state index in [1.165, 1.54) is 6.92 Å². The highest BCUT2D eigenvalue weighted by molar-refractivity contribution is 6.46. The first-order chi connectivity index (χ1) is 11.0. The van der Waals surface area contributed by atoms with Gasteiger partial charge in [0.05, 0.1) is 12.8 Å². The van der Waals surface area contributed by atoms with Crippen molar-refractivity contribution in [2.45, 2.75) is 13.0 Å². The van der Waals surface area contributed by atoms with Gasteiger partial charge in [-0.15, -0.1) is 0 Å². The summed E-state index contributed by atoms with van der Waals surface area (Å²) in [6.45, 7) is 1.21. The van der Waals surface area contributed by atoms with Gasteiger partial charge < -0.3 is 4.74 Å². The lowest BCUT2D eigenvalue weighted by Crippen LogP contribution is -2.41. The van der Waals surface area contributed by atoms with E-state index in [-0.39, 0.29) is 5.71 Å². The van der Waals surface area contributed by atoms with E-state index >= 15 is 0 Å². The quantitative estimate of drug-likeness (QED) is 0.562. The summed E-state index contributed by atoms with van der Waals surface area (Å²) in [4.78, 5) is 49.9. The van der Waals surface area contributed by atoms with Gasteiger partial charge in [-0.3, -0.25) is 14.4 Å². The first kappa shape index (κ1) is 14.9. The largest absolute Gasteiger partial charge is 0.464 e. The van der Waals surface area contributed by atoms with Crippen molar-refractivity contribution in [2.24, 2.45) is 11.0 Å². The lowest BCUT2D eigenvalue weighted by atomic mass is 9.98. The van der Waals surface area contributed by atoms with Crippen LogP contribution in [-0.4, -0.2) is 47.6 Å². The molecule has 2 atom stereocenters. The first-order valence-electron chi connectivity index (χ1n) is 6.87. The fourth-order valence-corrected chi connectivity index (χ4v) is 2.78. The van der Waals surface area contributed by atoms with Gasteiger partial charge in [-0.2, -0.15) is 5.10 Å². The van der Waals surface area contributed by atoms with Gasteiger partial charge in [0.1, 0.15) is 5.92 Å². The molecule has 8 nitrogen and oxygen atoms in total. The maximum Gasteiger partial charge on any atom is 0.355 e. The SMILES string of the molecule is COC(=O)C1=NN(C(C)=O)[C@@H]2C(=O)N(c3ccccc3)C(=O)[C@H]12. The standard InChI is InChI=1S/C15H13N3O5/c1-8(19)18-12-10(11(16-18)15(22)23-2)13(20)17(14(12)21)9-6-4-3-5-7-9/h3-7,10,12H,1-2H3/t10-,12+/m1/s1. The number of amides is 3. The molecule has 1 saturated heterocycles. The lowest BCUT2D eigenvalue weighted by Gasteiger charge is -2.19. The normalized spacial score (nSPS) is 23.0. The number of fused-ring (bicyclic) bond motifs is 1. The number of nitrogens with zero attached hydrogens (tertiary/aromatic N) is 3. The van der Waals surface area contributed by atoms with E-state index in [1.54, 1.807) is 30.3 Å². The molecule has 0 aromatic heterocycles. The fraction of sp³-hybridized carbons (Fsp3) is 0.267. The first-order valence-corrected chi connectivity index (χ1v) is 6.87. The number of carbonyl (C=O) groups excluding carboxylic acids is 4. The Kier molecular flexibility index (Phi) is 3.44. The predicted octanol–water partition coefficient (Wildman–Crippen LogP) is -0.0643. The van der Waals surface area contributed by atoms with Crippen molar-refractivity contribution in [2.75, 3.05) is 12.0 Å². The van der Waals surface area contributed by atoms with Crippen LogP contribution in [0.1, 0.15) is 6.92 Å². The number of ether oxygens (including phenoxy) is 1. The Morgan fingerprint density at radius 3 is 2.35 bits per heavy atom. The Labute approximate surface area is 131 Å². The summed E-state index contributed by atoms with van der Waals surface area (Å²) in [6, 6.07) is 7.17. The maximum atomic E-state index is 12.7. The molecule has 2 aliphatic heterocycles. The topological polar surface area (TPSA) is 96.3 Å². The molecule has 118 valence electrons. The highest BCUT2D eigenvalue weighted by Gasteiger charge is 2.59. The average Bonchev–Trinajstić information content (AvgIpc) is 3.05. The highest BCUT2D eigenvalue weighted by atomic mass is 16.5. The van der Waals surface area contributed by atoms with Crippen LogP contribution >= 0.6 is 0 Å². The third kappa shape index (κ3) is 2.10. The van der Waals surface area contributed by atoms with Crippen molar-refractivity contribution in [1.29, 1.82) is 0 Å². The molecule has 1 aromatic carbocycles. The summed E-state index contributed by atoms with van der Waals surface area (Å²) in [6.07, 6.45) is 0. The Morgan fingerprint density at radius 2 is 1.78 bits per heavy atom. The van der Waals surface area contributed by atoms with Gasteiger partial charge >= 0.3 is 5.97 Å². The molecule has 3 amide bonds. The number of benzene rings is 1. The van der Waals surface area contributed by atoms with Crippen LogP contribution in [0.15, 0.2) is 35.4 Å². The minimum Gasteiger partial charge on any atom is -0.464 e. The number of para-hydroxylation sites is 1. The van der Waals surface area contributed by atoms with Crippen molar-refractivity contribution < 1.29 is 23.9 Å². The van der Waals surface area contributed by atoms with Crippen LogP contribution in [0.2, 0.25) is 0 Å². The van der Waals surface area contributed by atoms with E-state index in [0.717, 1.165) is 17.0 Å². The van der Waals surface area contributed by atoms with Gasteiger partial charge in [-0.25, -0.2) is 14.7 Å². The summed E-state index contributed by atoms with van der Waals surface area (Å²) >= 11 is 0. The molecule has 0 spiro atoms. The van der Waals surface area contributed by atoms with E-state index in [9.17, 15) is 19.2 Å². The van der Waals surface area contributed by atoms with Crippen LogP contribution in [-0.2, 0) is 23.9 Å². The second kappa shape index (κ2) is 5.31. The van der Waals surface area contributed by atoms with Crippen LogP contribution in [0, 0.1) is 5.92 Å². The van der Waals surface area contributed by atoms with Crippen LogP contribution < -0.4 is 4.90 Å². The maximum absolute atomic E-state index is 12.7. The van der Waals surface area contributed by atoms with E-state index in [0.29, 0.717) is 5.69 Å². The third-order valence-electron chi connectivity index (χ3n) is 3.78. The third-order valence-corrected chi connectivity index (χ3v) is 3.78. The van der Waals surface area contributed by atoms with Crippen LogP contribution in [0.5, 0.6) is 0 Å². The van der Waals surface area contributed by atoms with Crippen LogP contribution in [0.4, 0.5) is 5.69 Å². The van der Waals surface area contributed by atoms with Crippen molar-refractivity contribution in [3.05, 3.63) is 30.3 Å². The smallest absolute Gasteiger partial charge is 0.355 e. The summed E-state index contributed by atoms with van der Waals surface area (Å²) in [5, 5.41) is 4.70. The van der Waals surface area contributed by atoms with Gasteiger partial charge in [-0.05, 0) is 12.1 Å². The summed E-state index contributed by atoms with van der Waals surface area (Å²) in [7, 11) is 1.15. The number of rotatable bonds is 2. The number of hydrazone groups is 1. The van der Waals surface area contributed by atoms with Crippen molar-refractivity contribution in [3.8, 4) is 0 Å². The second-order valence-electron chi connectivity index (χ2n) is 5.11. The molecule has 0 radical (unpaired) electrons. The Hall–Kier alpha value is -3.03. The molecule has 3 rings (SSSR count). The van der Waals surface area contributed by atoms with Crippen molar-refractivity contribution in [3.63, 3.8) is 0 Å². The number of hydrogen-bond acceptors (Lipinski definition) is 6. The van der Waals surface area contributed by atoms with Gasteiger partial charge in [0.2, 0.25) is 11.8 Å². The molecule has 0 unspecified atom stereocenters. The van der Waals surface area contributed by atoms with Gasteiger partial charge in [0, 0.05) is 6.92 Å². The van der Waals surface area contributed by atoms with Crippen LogP contribution in [0.3, 0.4) is 0 Å². The summed E-state index contributed by atoms with van der Waals surface area (Å²) < 4.78 is 4.61. The molecule has 8 heteroatoms. The average molecular weight is 315 g/mol. The molecule has 1 fully saturated rings. The molecule has 0 N–H and O–H groups in total. The van der Waals surface area contributed by atoms with E-state index < -0.39 is 35.7 Å². The number of imide groups is 1. The Balaban J connectivity index is 2.07. The van der Waals surface area contributed by atoms with Gasteiger partial charge in [0.15, 0.2) is 11.8 Å². The zero-order chi connectivity index (χ0) is 16.7. The van der Waals surface area contributed by atoms with E-state index in [2.05, 4.69) is 9.84 Å². The zero-order valence-corrected chi connectivity index (χ0v) is 12.4. The predicted molar refractivity (Wildman–Crippen MR) is 78.2 cm³/mol. The highest BCUT2D eigenvalue weighted by Crippen LogP contribution is 2.35. The zero-order valence-electron chi connectivity index (χ0n) is 12.4. The van der Waals surface area contributed by atoms with Gasteiger partial charge in [-0.1, -0.05) is 18.2 Å². The molecule has 23 heavy (non-hydrogen) atoms. The Morgan fingerprint density at radius 1 is 1.13 bits per heavy atom. The molecule has 0 saturated carbocycles.